The summed E-state index contributed by atoms with van der Waals surface area (Å²) >= 11 is 0. The number of fused-ring (bicyclic) bond motifs is 1. The van der Waals surface area contributed by atoms with Gasteiger partial charge in [-0.05, 0) is 49.4 Å². The maximum atomic E-state index is 12.4. The van der Waals surface area contributed by atoms with Gasteiger partial charge in [0.15, 0.2) is 0 Å². The Kier molecular flexibility index (Phi) is 5.37. The number of benzene rings is 1. The average Bonchev–Trinajstić information content (AvgIpc) is 3.35. The number of carbonyl (C=O) groups is 2. The molecule has 1 aromatic carbocycles. The van der Waals surface area contributed by atoms with Crippen molar-refractivity contribution >= 4 is 11.8 Å². The number of hydrogen-bond donors (Lipinski definition) is 2. The third-order valence-electron chi connectivity index (χ3n) is 5.69. The lowest BCUT2D eigenvalue weighted by Gasteiger charge is -2.29. The number of aryl methyl sites for hydroxylation is 1. The van der Waals surface area contributed by atoms with E-state index in [-0.39, 0.29) is 17.9 Å². The van der Waals surface area contributed by atoms with Crippen molar-refractivity contribution in [1.29, 1.82) is 0 Å². The van der Waals surface area contributed by atoms with Crippen LogP contribution in [0.2, 0.25) is 0 Å². The molecule has 0 spiro atoms. The molecule has 1 saturated heterocycles. The van der Waals surface area contributed by atoms with Gasteiger partial charge in [0.2, 0.25) is 11.8 Å². The van der Waals surface area contributed by atoms with E-state index in [1.807, 2.05) is 30.3 Å². The van der Waals surface area contributed by atoms with E-state index in [0.717, 1.165) is 30.8 Å². The Bertz CT molecular complexity index is 833. The number of amides is 2. The van der Waals surface area contributed by atoms with Crippen molar-refractivity contribution in [3.63, 3.8) is 0 Å². The second-order valence-corrected chi connectivity index (χ2v) is 7.77. The topological polar surface area (TPSA) is 80.6 Å². The van der Waals surface area contributed by atoms with Gasteiger partial charge in [0.05, 0.1) is 12.8 Å². The van der Waals surface area contributed by atoms with E-state index < -0.39 is 5.54 Å². The van der Waals surface area contributed by atoms with Gasteiger partial charge in [-0.3, -0.25) is 9.59 Å². The fourth-order valence-corrected chi connectivity index (χ4v) is 4.12. The highest BCUT2D eigenvalue weighted by Crippen LogP contribution is 2.30. The van der Waals surface area contributed by atoms with Gasteiger partial charge in [-0.1, -0.05) is 18.2 Å². The summed E-state index contributed by atoms with van der Waals surface area (Å²) in [4.78, 5) is 24.2. The molecule has 2 aromatic rings. The highest BCUT2D eigenvalue weighted by molar-refractivity contribution is 5.80. The average molecular weight is 382 g/mol. The Morgan fingerprint density at radius 1 is 1.21 bits per heavy atom. The minimum absolute atomic E-state index is 0.00196. The lowest BCUT2D eigenvalue weighted by Crippen LogP contribution is -2.45. The predicted octanol–water partition coefficient (Wildman–Crippen LogP) is 2.76. The monoisotopic (exact) mass is 382 g/mol. The minimum Gasteiger partial charge on any atom is -0.488 e. The fraction of sp³-hybridized carbons (Fsp3) is 0.455. The van der Waals surface area contributed by atoms with Crippen molar-refractivity contribution in [3.8, 4) is 5.75 Å². The summed E-state index contributed by atoms with van der Waals surface area (Å²) in [5.74, 6) is 1.78. The zero-order valence-electron chi connectivity index (χ0n) is 15.9. The molecule has 28 heavy (non-hydrogen) atoms. The molecule has 4 rings (SSSR count). The Balaban J connectivity index is 1.27. The molecule has 148 valence electrons. The zero-order valence-corrected chi connectivity index (χ0v) is 15.9. The molecule has 2 N–H and O–H groups in total. The third kappa shape index (κ3) is 4.38. The molecule has 6 heteroatoms. The van der Waals surface area contributed by atoms with Gasteiger partial charge >= 0.3 is 0 Å². The van der Waals surface area contributed by atoms with Crippen LogP contribution in [0, 0.1) is 0 Å². The van der Waals surface area contributed by atoms with E-state index in [2.05, 4.69) is 16.7 Å². The minimum atomic E-state index is -0.396. The SMILES string of the molecule is O=C(CC[C@@]1(Cc2ccco2)CCC(=O)N1)NC[C@H]1CCc2ccccc2O1. The van der Waals surface area contributed by atoms with Gasteiger partial charge in [-0.25, -0.2) is 0 Å². The molecule has 2 amide bonds. The van der Waals surface area contributed by atoms with Gasteiger partial charge in [0.25, 0.3) is 0 Å². The van der Waals surface area contributed by atoms with Gasteiger partial charge in [0.1, 0.15) is 17.6 Å². The lowest BCUT2D eigenvalue weighted by atomic mass is 9.87. The molecule has 0 saturated carbocycles. The molecule has 1 fully saturated rings. The van der Waals surface area contributed by atoms with Crippen LogP contribution in [0.3, 0.4) is 0 Å². The summed E-state index contributed by atoms with van der Waals surface area (Å²) in [5, 5.41) is 6.07. The summed E-state index contributed by atoms with van der Waals surface area (Å²) in [7, 11) is 0. The summed E-state index contributed by atoms with van der Waals surface area (Å²) in [6.07, 6.45) is 6.30. The summed E-state index contributed by atoms with van der Waals surface area (Å²) < 4.78 is 11.4. The van der Waals surface area contributed by atoms with E-state index >= 15 is 0 Å². The van der Waals surface area contributed by atoms with Crippen LogP contribution in [0.4, 0.5) is 0 Å². The first-order valence-electron chi connectivity index (χ1n) is 9.97. The number of para-hydroxylation sites is 1. The molecule has 0 aliphatic carbocycles. The van der Waals surface area contributed by atoms with Gasteiger partial charge in [0, 0.05) is 24.8 Å². The van der Waals surface area contributed by atoms with Crippen LogP contribution in [0.15, 0.2) is 47.1 Å². The van der Waals surface area contributed by atoms with Crippen LogP contribution < -0.4 is 15.4 Å². The number of carbonyl (C=O) groups excluding carboxylic acids is 2. The standard InChI is InChI=1S/C22H26N2O4/c25-20(23-15-18-8-7-16-4-1-2-6-19(16)28-18)9-11-22(12-10-21(26)24-22)14-17-5-3-13-27-17/h1-6,13,18H,7-12,14-15H2,(H,23,25)(H,24,26)/t18-,22+/m1/s1. The Hall–Kier alpha value is -2.76. The van der Waals surface area contributed by atoms with Crippen LogP contribution in [0.1, 0.15) is 43.4 Å². The van der Waals surface area contributed by atoms with Crippen molar-refractivity contribution in [2.45, 2.75) is 56.6 Å². The van der Waals surface area contributed by atoms with Crippen LogP contribution in [-0.2, 0) is 22.4 Å². The van der Waals surface area contributed by atoms with E-state index in [1.54, 1.807) is 6.26 Å². The quantitative estimate of drug-likeness (QED) is 0.772. The first kappa shape index (κ1) is 18.6. The van der Waals surface area contributed by atoms with Gasteiger partial charge < -0.3 is 19.8 Å². The third-order valence-corrected chi connectivity index (χ3v) is 5.69. The maximum Gasteiger partial charge on any atom is 0.220 e. The second-order valence-electron chi connectivity index (χ2n) is 7.77. The molecule has 2 atom stereocenters. The maximum absolute atomic E-state index is 12.4. The molecular weight excluding hydrogens is 356 g/mol. The normalized spacial score (nSPS) is 23.6. The smallest absolute Gasteiger partial charge is 0.220 e. The van der Waals surface area contributed by atoms with E-state index in [9.17, 15) is 9.59 Å². The van der Waals surface area contributed by atoms with Gasteiger partial charge in [-0.15, -0.1) is 0 Å². The fourth-order valence-electron chi connectivity index (χ4n) is 4.12. The van der Waals surface area contributed by atoms with Gasteiger partial charge in [-0.2, -0.15) is 0 Å². The highest BCUT2D eigenvalue weighted by Gasteiger charge is 2.38. The van der Waals surface area contributed by atoms with E-state index in [4.69, 9.17) is 9.15 Å². The Morgan fingerprint density at radius 3 is 2.89 bits per heavy atom. The van der Waals surface area contributed by atoms with Crippen molar-refractivity contribution in [1.82, 2.24) is 10.6 Å². The predicted molar refractivity (Wildman–Crippen MR) is 104 cm³/mol. The Labute approximate surface area is 164 Å². The molecule has 0 bridgehead atoms. The van der Waals surface area contributed by atoms with Crippen LogP contribution >= 0.6 is 0 Å². The van der Waals surface area contributed by atoms with Crippen molar-refractivity contribution in [2.75, 3.05) is 6.54 Å². The number of nitrogens with one attached hydrogen (secondary N) is 2. The molecular formula is C22H26N2O4. The van der Waals surface area contributed by atoms with E-state index in [0.29, 0.717) is 32.2 Å². The first-order valence-corrected chi connectivity index (χ1v) is 9.97. The highest BCUT2D eigenvalue weighted by atomic mass is 16.5. The lowest BCUT2D eigenvalue weighted by molar-refractivity contribution is -0.123. The van der Waals surface area contributed by atoms with E-state index in [1.165, 1.54) is 5.56 Å². The molecule has 2 aliphatic rings. The summed E-state index contributed by atoms with van der Waals surface area (Å²) in [6, 6.07) is 11.8. The molecule has 1 aromatic heterocycles. The molecule has 0 unspecified atom stereocenters. The molecule has 2 aliphatic heterocycles. The number of hydrogen-bond acceptors (Lipinski definition) is 4. The molecule has 6 nitrogen and oxygen atoms in total. The molecule has 3 heterocycles. The summed E-state index contributed by atoms with van der Waals surface area (Å²) in [6.45, 7) is 0.505. The number of furan rings is 1. The van der Waals surface area contributed by atoms with Crippen LogP contribution in [-0.4, -0.2) is 30.0 Å². The second kappa shape index (κ2) is 8.09. The molecule has 0 radical (unpaired) electrons. The number of rotatable bonds is 7. The largest absolute Gasteiger partial charge is 0.488 e. The Morgan fingerprint density at radius 2 is 2.11 bits per heavy atom. The van der Waals surface area contributed by atoms with Crippen LogP contribution in [0.5, 0.6) is 5.75 Å². The number of ether oxygens (including phenoxy) is 1. The zero-order chi connectivity index (χ0) is 19.4. The van der Waals surface area contributed by atoms with Crippen LogP contribution in [0.25, 0.3) is 0 Å². The van der Waals surface area contributed by atoms with Crippen molar-refractivity contribution in [3.05, 3.63) is 54.0 Å². The van der Waals surface area contributed by atoms with Crippen molar-refractivity contribution in [2.24, 2.45) is 0 Å². The first-order chi connectivity index (χ1) is 13.6. The van der Waals surface area contributed by atoms with Crippen molar-refractivity contribution < 1.29 is 18.7 Å². The summed E-state index contributed by atoms with van der Waals surface area (Å²) in [5.41, 5.74) is 0.828.